The van der Waals surface area contributed by atoms with Crippen molar-refractivity contribution in [3.63, 3.8) is 0 Å². The van der Waals surface area contributed by atoms with Gasteiger partial charge in [-0.2, -0.15) is 0 Å². The molecule has 122 valence electrons. The van der Waals surface area contributed by atoms with Crippen LogP contribution < -0.4 is 11.1 Å². The number of carbonyl (C=O) groups is 1. The molecular formula is C14H14ClN4O3S-. The molecule has 2 rings (SSSR count). The van der Waals surface area contributed by atoms with E-state index in [2.05, 4.69) is 15.3 Å². The summed E-state index contributed by atoms with van der Waals surface area (Å²) in [5.74, 6) is -0.631. The van der Waals surface area contributed by atoms with Crippen molar-refractivity contribution < 1.29 is 13.6 Å². The van der Waals surface area contributed by atoms with Gasteiger partial charge in [-0.3, -0.25) is 9.00 Å². The third-order valence-electron chi connectivity index (χ3n) is 2.99. The largest absolute Gasteiger partial charge is 0.772 e. The molecule has 0 aliphatic heterocycles. The Bertz CT molecular complexity index is 752. The standard InChI is InChI=1S/C14H15ClN4O3S/c1-2-10-12(15)19-14(11(18-10)13(16)20)17-9-5-3-8(4-6-9)7-23(21)22/h3-6H,2,7H2,1H3,(H2,16,20)(H,17,19)(H,21,22)/p-1. The van der Waals surface area contributed by atoms with E-state index in [1.165, 1.54) is 0 Å². The maximum atomic E-state index is 11.5. The van der Waals surface area contributed by atoms with Crippen LogP contribution in [0.1, 0.15) is 28.7 Å². The van der Waals surface area contributed by atoms with Crippen molar-refractivity contribution in [3.05, 3.63) is 46.4 Å². The van der Waals surface area contributed by atoms with Gasteiger partial charge in [0.05, 0.1) is 5.69 Å². The van der Waals surface area contributed by atoms with Crippen LogP contribution in [0.3, 0.4) is 0 Å². The Labute approximate surface area is 140 Å². The second-order valence-electron chi connectivity index (χ2n) is 4.65. The summed E-state index contributed by atoms with van der Waals surface area (Å²) in [6.45, 7) is 1.84. The molecule has 0 aliphatic carbocycles. The molecule has 1 amide bonds. The maximum absolute atomic E-state index is 11.5. The van der Waals surface area contributed by atoms with Crippen molar-refractivity contribution in [1.82, 2.24) is 9.97 Å². The summed E-state index contributed by atoms with van der Waals surface area (Å²) < 4.78 is 21.3. The van der Waals surface area contributed by atoms with Gasteiger partial charge < -0.3 is 15.6 Å². The molecule has 2 aromatic rings. The predicted octanol–water partition coefficient (Wildman–Crippen LogP) is 1.91. The highest BCUT2D eigenvalue weighted by Crippen LogP contribution is 2.22. The number of benzene rings is 1. The fourth-order valence-corrected chi connectivity index (χ4v) is 2.62. The van der Waals surface area contributed by atoms with Gasteiger partial charge in [-0.1, -0.05) is 41.7 Å². The summed E-state index contributed by atoms with van der Waals surface area (Å²) >= 11 is 3.87. The van der Waals surface area contributed by atoms with Crippen LogP contribution in [-0.2, 0) is 23.3 Å². The van der Waals surface area contributed by atoms with Crippen molar-refractivity contribution in [3.8, 4) is 0 Å². The van der Waals surface area contributed by atoms with E-state index >= 15 is 0 Å². The number of nitrogens with two attached hydrogens (primary N) is 1. The zero-order chi connectivity index (χ0) is 17.0. The van der Waals surface area contributed by atoms with E-state index in [9.17, 15) is 13.6 Å². The fraction of sp³-hybridized carbons (Fsp3) is 0.214. The lowest BCUT2D eigenvalue weighted by Gasteiger charge is -2.12. The topological polar surface area (TPSA) is 121 Å². The predicted molar refractivity (Wildman–Crippen MR) is 87.3 cm³/mol. The molecule has 1 heterocycles. The number of nitrogens with one attached hydrogen (secondary N) is 1. The first-order valence-electron chi connectivity index (χ1n) is 6.68. The Morgan fingerprint density at radius 3 is 2.52 bits per heavy atom. The summed E-state index contributed by atoms with van der Waals surface area (Å²) in [5, 5.41) is 3.11. The molecule has 0 aliphatic rings. The molecule has 0 fully saturated rings. The number of hydrogen-bond donors (Lipinski definition) is 2. The lowest BCUT2D eigenvalue weighted by molar-refractivity contribution is 0.0996. The van der Waals surface area contributed by atoms with Gasteiger partial charge in [0, 0.05) is 11.4 Å². The number of amides is 1. The first-order chi connectivity index (χ1) is 10.9. The molecule has 0 saturated heterocycles. The van der Waals surface area contributed by atoms with Crippen molar-refractivity contribution in [1.29, 1.82) is 0 Å². The van der Waals surface area contributed by atoms with Gasteiger partial charge in [-0.15, -0.1) is 0 Å². The van der Waals surface area contributed by atoms with Crippen LogP contribution in [0, 0.1) is 0 Å². The van der Waals surface area contributed by atoms with Gasteiger partial charge in [0.2, 0.25) is 0 Å². The van der Waals surface area contributed by atoms with Crippen molar-refractivity contribution in [2.45, 2.75) is 19.1 Å². The number of anilines is 2. The number of nitrogens with zero attached hydrogens (tertiary/aromatic N) is 2. The fourth-order valence-electron chi connectivity index (χ4n) is 1.89. The van der Waals surface area contributed by atoms with Gasteiger partial charge in [0.25, 0.3) is 5.91 Å². The second-order valence-corrected chi connectivity index (χ2v) is 5.90. The molecule has 1 unspecified atom stereocenters. The highest BCUT2D eigenvalue weighted by molar-refractivity contribution is 7.78. The van der Waals surface area contributed by atoms with E-state index in [0.29, 0.717) is 23.4 Å². The molecule has 9 heteroatoms. The van der Waals surface area contributed by atoms with Crippen LogP contribution >= 0.6 is 11.6 Å². The normalized spacial score (nSPS) is 12.0. The molecule has 0 spiro atoms. The third kappa shape index (κ3) is 4.47. The zero-order valence-corrected chi connectivity index (χ0v) is 13.8. The van der Waals surface area contributed by atoms with Crippen LogP contribution in [0.5, 0.6) is 0 Å². The first-order valence-corrected chi connectivity index (χ1v) is 8.31. The minimum absolute atomic E-state index is 0.00371. The Hall–Kier alpha value is -2.03. The second kappa shape index (κ2) is 7.49. The molecular weight excluding hydrogens is 340 g/mol. The average molecular weight is 354 g/mol. The van der Waals surface area contributed by atoms with E-state index in [1.54, 1.807) is 24.3 Å². The molecule has 1 aromatic heterocycles. The monoisotopic (exact) mass is 353 g/mol. The Kier molecular flexibility index (Phi) is 5.64. The zero-order valence-electron chi connectivity index (χ0n) is 12.2. The number of primary amides is 1. The summed E-state index contributed by atoms with van der Waals surface area (Å²) in [7, 11) is 0. The van der Waals surface area contributed by atoms with Crippen LogP contribution in [0.2, 0.25) is 5.15 Å². The van der Waals surface area contributed by atoms with E-state index < -0.39 is 17.0 Å². The van der Waals surface area contributed by atoms with Crippen molar-refractivity contribution >= 4 is 40.1 Å². The van der Waals surface area contributed by atoms with E-state index in [1.807, 2.05) is 6.92 Å². The number of aryl methyl sites for hydroxylation is 1. The Morgan fingerprint density at radius 2 is 2.00 bits per heavy atom. The van der Waals surface area contributed by atoms with Crippen LogP contribution in [-0.4, -0.2) is 24.6 Å². The van der Waals surface area contributed by atoms with E-state index in [0.717, 1.165) is 0 Å². The molecule has 1 aromatic carbocycles. The highest BCUT2D eigenvalue weighted by Gasteiger charge is 2.16. The number of hydrogen-bond acceptors (Lipinski definition) is 6. The minimum Gasteiger partial charge on any atom is -0.772 e. The highest BCUT2D eigenvalue weighted by atomic mass is 35.5. The minimum atomic E-state index is -2.15. The van der Waals surface area contributed by atoms with Gasteiger partial charge >= 0.3 is 0 Å². The lowest BCUT2D eigenvalue weighted by atomic mass is 10.2. The summed E-state index contributed by atoms with van der Waals surface area (Å²) in [4.78, 5) is 19.8. The quantitative estimate of drug-likeness (QED) is 0.765. The van der Waals surface area contributed by atoms with Crippen molar-refractivity contribution in [2.75, 3.05) is 5.32 Å². The molecule has 0 saturated carbocycles. The number of halogens is 1. The maximum Gasteiger partial charge on any atom is 0.271 e. The van der Waals surface area contributed by atoms with Gasteiger partial charge in [-0.05, 0) is 24.1 Å². The number of aromatic nitrogens is 2. The van der Waals surface area contributed by atoms with E-state index in [-0.39, 0.29) is 22.4 Å². The van der Waals surface area contributed by atoms with Crippen LogP contribution in [0.25, 0.3) is 0 Å². The molecule has 0 radical (unpaired) electrons. The van der Waals surface area contributed by atoms with Gasteiger partial charge in [0.1, 0.15) is 0 Å². The summed E-state index contributed by atoms with van der Waals surface area (Å²) in [5.41, 5.74) is 7.05. The van der Waals surface area contributed by atoms with Crippen molar-refractivity contribution in [2.24, 2.45) is 5.73 Å². The average Bonchev–Trinajstić information content (AvgIpc) is 2.48. The molecule has 1 atom stereocenters. The van der Waals surface area contributed by atoms with Crippen LogP contribution in [0.15, 0.2) is 24.3 Å². The van der Waals surface area contributed by atoms with E-state index in [4.69, 9.17) is 17.3 Å². The van der Waals surface area contributed by atoms with Gasteiger partial charge in [0.15, 0.2) is 16.7 Å². The molecule has 7 nitrogen and oxygen atoms in total. The molecule has 23 heavy (non-hydrogen) atoms. The lowest BCUT2D eigenvalue weighted by Crippen LogP contribution is -2.18. The smallest absolute Gasteiger partial charge is 0.271 e. The third-order valence-corrected chi connectivity index (χ3v) is 3.86. The van der Waals surface area contributed by atoms with Gasteiger partial charge in [-0.25, -0.2) is 9.97 Å². The number of rotatable bonds is 6. The number of carbonyl (C=O) groups excluding carboxylic acids is 1. The molecule has 3 N–H and O–H groups in total. The Morgan fingerprint density at radius 1 is 1.35 bits per heavy atom. The van der Waals surface area contributed by atoms with Crippen LogP contribution in [0.4, 0.5) is 11.5 Å². The summed E-state index contributed by atoms with van der Waals surface area (Å²) in [6.07, 6.45) is 0.521. The molecule has 0 bridgehead atoms. The SMILES string of the molecule is CCc1nc(C(N)=O)c(Nc2ccc(CS(=O)[O-])cc2)nc1Cl. The summed E-state index contributed by atoms with van der Waals surface area (Å²) in [6, 6.07) is 6.63. The Balaban J connectivity index is 2.30. The first kappa shape index (κ1) is 17.3.